The van der Waals surface area contributed by atoms with Crippen LogP contribution in [0, 0.1) is 5.82 Å². The van der Waals surface area contributed by atoms with Crippen molar-refractivity contribution in [2.45, 2.75) is 0 Å². The van der Waals surface area contributed by atoms with Gasteiger partial charge in [-0.3, -0.25) is 0 Å². The third-order valence-electron chi connectivity index (χ3n) is 2.23. The van der Waals surface area contributed by atoms with E-state index in [1.54, 1.807) is 0 Å². The zero-order chi connectivity index (χ0) is 13.3. The minimum atomic E-state index is -1.23. The van der Waals surface area contributed by atoms with Crippen molar-refractivity contribution in [1.29, 1.82) is 0 Å². The summed E-state index contributed by atoms with van der Waals surface area (Å²) in [5.41, 5.74) is 0.0214. The van der Waals surface area contributed by atoms with Gasteiger partial charge in [0.15, 0.2) is 11.5 Å². The Labute approximate surface area is 106 Å². The van der Waals surface area contributed by atoms with E-state index in [2.05, 4.69) is 5.16 Å². The molecule has 1 N–H and O–H groups in total. The molecule has 0 radical (unpaired) electrons. The first-order chi connectivity index (χ1) is 8.52. The Hall–Kier alpha value is -2.08. The van der Waals surface area contributed by atoms with Gasteiger partial charge in [0.1, 0.15) is 16.6 Å². The molecule has 1 aromatic heterocycles. The molecule has 0 bridgehead atoms. The number of aromatic carboxylic acids is 1. The van der Waals surface area contributed by atoms with E-state index in [-0.39, 0.29) is 27.8 Å². The summed E-state index contributed by atoms with van der Waals surface area (Å²) in [5, 5.41) is 11.9. The highest BCUT2D eigenvalue weighted by Crippen LogP contribution is 2.33. The Kier molecular flexibility index (Phi) is 3.20. The minimum absolute atomic E-state index is 0.112. The highest BCUT2D eigenvalue weighted by molar-refractivity contribution is 6.32. The van der Waals surface area contributed by atoms with Gasteiger partial charge in [0.25, 0.3) is 0 Å². The van der Waals surface area contributed by atoms with Gasteiger partial charge in [0.05, 0.1) is 7.11 Å². The van der Waals surface area contributed by atoms with Crippen LogP contribution < -0.4 is 4.74 Å². The molecule has 0 amide bonds. The Morgan fingerprint density at radius 1 is 1.50 bits per heavy atom. The molecule has 2 aromatic rings. The highest BCUT2D eigenvalue weighted by Gasteiger charge is 2.16. The van der Waals surface area contributed by atoms with E-state index in [0.717, 1.165) is 6.07 Å². The second-order valence-corrected chi connectivity index (χ2v) is 3.73. The third kappa shape index (κ3) is 2.14. The van der Waals surface area contributed by atoms with Gasteiger partial charge in [-0.25, -0.2) is 9.18 Å². The maximum Gasteiger partial charge on any atom is 0.358 e. The summed E-state index contributed by atoms with van der Waals surface area (Å²) in [6, 6.07) is 3.72. The first-order valence-corrected chi connectivity index (χ1v) is 5.14. The maximum atomic E-state index is 13.5. The fourth-order valence-corrected chi connectivity index (χ4v) is 1.55. The lowest BCUT2D eigenvalue weighted by molar-refractivity contribution is 0.0686. The van der Waals surface area contributed by atoms with Gasteiger partial charge in [-0.05, 0) is 12.1 Å². The van der Waals surface area contributed by atoms with Crippen LogP contribution in [0.3, 0.4) is 0 Å². The molecule has 0 unspecified atom stereocenters. The topological polar surface area (TPSA) is 72.6 Å². The number of nitrogens with zero attached hydrogens (tertiary/aromatic N) is 1. The number of ether oxygens (including phenoxy) is 1. The predicted molar refractivity (Wildman–Crippen MR) is 60.4 cm³/mol. The van der Waals surface area contributed by atoms with Crippen LogP contribution in [0.1, 0.15) is 10.5 Å². The number of halogens is 2. The predicted octanol–water partition coefficient (Wildman–Crippen LogP) is 2.84. The summed E-state index contributed by atoms with van der Waals surface area (Å²) in [6.07, 6.45) is 0. The summed E-state index contributed by atoms with van der Waals surface area (Å²) < 4.78 is 23.2. The van der Waals surface area contributed by atoms with Gasteiger partial charge in [0, 0.05) is 11.6 Å². The van der Waals surface area contributed by atoms with Crippen LogP contribution in [0.5, 0.6) is 5.75 Å². The number of carbonyl (C=O) groups is 1. The third-order valence-corrected chi connectivity index (χ3v) is 2.60. The molecule has 0 aliphatic carbocycles. The maximum absolute atomic E-state index is 13.5. The monoisotopic (exact) mass is 271 g/mol. The molecule has 0 spiro atoms. The standard InChI is InChI=1S/C11H7ClFNO4/c1-17-9-3-5(2-6(13)10(9)12)8-4-7(11(15)16)14-18-8/h2-4H,1H3,(H,15,16). The Balaban J connectivity index is 2.50. The minimum Gasteiger partial charge on any atom is -0.495 e. The van der Waals surface area contributed by atoms with Gasteiger partial charge >= 0.3 is 5.97 Å². The Bertz CT molecular complexity index is 611. The van der Waals surface area contributed by atoms with Crippen molar-refractivity contribution in [2.75, 3.05) is 7.11 Å². The van der Waals surface area contributed by atoms with Gasteiger partial charge in [-0.2, -0.15) is 0 Å². The first kappa shape index (κ1) is 12.4. The lowest BCUT2D eigenvalue weighted by atomic mass is 10.1. The summed E-state index contributed by atoms with van der Waals surface area (Å²) in [7, 11) is 1.34. The molecule has 2 rings (SSSR count). The fraction of sp³-hybridized carbons (Fsp3) is 0.0909. The molecule has 94 valence electrons. The number of benzene rings is 1. The van der Waals surface area contributed by atoms with Crippen LogP contribution in [0.25, 0.3) is 11.3 Å². The van der Waals surface area contributed by atoms with E-state index in [0.29, 0.717) is 0 Å². The van der Waals surface area contributed by atoms with E-state index in [1.807, 2.05) is 0 Å². The number of carboxylic acid groups (broad SMARTS) is 1. The molecule has 18 heavy (non-hydrogen) atoms. The van der Waals surface area contributed by atoms with Crippen LogP contribution in [0.4, 0.5) is 4.39 Å². The molecule has 7 heteroatoms. The van der Waals surface area contributed by atoms with E-state index < -0.39 is 11.8 Å². The average Bonchev–Trinajstić information content (AvgIpc) is 2.82. The van der Waals surface area contributed by atoms with Gasteiger partial charge in [-0.1, -0.05) is 16.8 Å². The second kappa shape index (κ2) is 4.66. The summed E-state index contributed by atoms with van der Waals surface area (Å²) in [5.74, 6) is -1.69. The molecule has 1 heterocycles. The van der Waals surface area contributed by atoms with Crippen molar-refractivity contribution in [2.24, 2.45) is 0 Å². The molecule has 0 fully saturated rings. The molecule has 0 saturated carbocycles. The quantitative estimate of drug-likeness (QED) is 0.929. The molecular weight excluding hydrogens is 265 g/mol. The van der Waals surface area contributed by atoms with Crippen LogP contribution in [0.15, 0.2) is 22.7 Å². The molecule has 5 nitrogen and oxygen atoms in total. The van der Waals surface area contributed by atoms with E-state index in [4.69, 9.17) is 26.0 Å². The van der Waals surface area contributed by atoms with E-state index in [9.17, 15) is 9.18 Å². The van der Waals surface area contributed by atoms with Crippen molar-refractivity contribution in [3.8, 4) is 17.1 Å². The lowest BCUT2D eigenvalue weighted by Crippen LogP contribution is -1.94. The summed E-state index contributed by atoms with van der Waals surface area (Å²) in [6.45, 7) is 0. The van der Waals surface area contributed by atoms with Gasteiger partial charge in [-0.15, -0.1) is 0 Å². The van der Waals surface area contributed by atoms with Crippen LogP contribution in [-0.4, -0.2) is 23.3 Å². The van der Waals surface area contributed by atoms with Crippen LogP contribution >= 0.6 is 11.6 Å². The number of carboxylic acids is 1. The number of methoxy groups -OCH3 is 1. The fourth-order valence-electron chi connectivity index (χ4n) is 1.37. The lowest BCUT2D eigenvalue weighted by Gasteiger charge is -2.05. The van der Waals surface area contributed by atoms with Crippen LogP contribution in [-0.2, 0) is 0 Å². The van der Waals surface area contributed by atoms with Crippen molar-refractivity contribution < 1.29 is 23.6 Å². The van der Waals surface area contributed by atoms with Crippen LogP contribution in [0.2, 0.25) is 5.02 Å². The molecule has 0 aliphatic rings. The zero-order valence-electron chi connectivity index (χ0n) is 9.11. The van der Waals surface area contributed by atoms with Gasteiger partial charge < -0.3 is 14.4 Å². The molecule has 0 aliphatic heterocycles. The van der Waals surface area contributed by atoms with Gasteiger partial charge in [0.2, 0.25) is 0 Å². The number of aromatic nitrogens is 1. The Morgan fingerprint density at radius 3 is 2.78 bits per heavy atom. The normalized spacial score (nSPS) is 10.4. The number of rotatable bonds is 3. The molecular formula is C11H7ClFNO4. The van der Waals surface area contributed by atoms with E-state index in [1.165, 1.54) is 19.2 Å². The summed E-state index contributed by atoms with van der Waals surface area (Å²) >= 11 is 5.67. The van der Waals surface area contributed by atoms with Crippen molar-refractivity contribution >= 4 is 17.6 Å². The zero-order valence-corrected chi connectivity index (χ0v) is 9.86. The summed E-state index contributed by atoms with van der Waals surface area (Å²) in [4.78, 5) is 10.6. The largest absolute Gasteiger partial charge is 0.495 e. The molecule has 1 aromatic carbocycles. The SMILES string of the molecule is COc1cc(-c2cc(C(=O)O)no2)cc(F)c1Cl. The van der Waals surface area contributed by atoms with Crippen molar-refractivity contribution in [3.63, 3.8) is 0 Å². The number of hydrogen-bond acceptors (Lipinski definition) is 4. The first-order valence-electron chi connectivity index (χ1n) is 4.76. The molecule has 0 atom stereocenters. The van der Waals surface area contributed by atoms with E-state index >= 15 is 0 Å². The Morgan fingerprint density at radius 2 is 2.22 bits per heavy atom. The highest BCUT2D eigenvalue weighted by atomic mass is 35.5. The van der Waals surface area contributed by atoms with Crippen molar-refractivity contribution in [3.05, 3.63) is 34.7 Å². The second-order valence-electron chi connectivity index (χ2n) is 3.36. The number of hydrogen-bond donors (Lipinski definition) is 1. The van der Waals surface area contributed by atoms with Crippen molar-refractivity contribution in [1.82, 2.24) is 5.16 Å². The smallest absolute Gasteiger partial charge is 0.358 e. The molecule has 0 saturated heterocycles. The average molecular weight is 272 g/mol.